The van der Waals surface area contributed by atoms with Crippen LogP contribution < -0.4 is 14.9 Å². The number of aromatic nitrogens is 1. The molecule has 9 heteroatoms. The van der Waals surface area contributed by atoms with Crippen LogP contribution in [0.1, 0.15) is 17.5 Å². The molecule has 0 aliphatic rings. The fourth-order valence-corrected chi connectivity index (χ4v) is 4.38. The third-order valence-corrected chi connectivity index (χ3v) is 5.70. The van der Waals surface area contributed by atoms with Crippen molar-refractivity contribution >= 4 is 50.0 Å². The lowest BCUT2D eigenvalue weighted by Gasteiger charge is -2.05. The van der Waals surface area contributed by atoms with Gasteiger partial charge in [0.05, 0.1) is 23.9 Å². The summed E-state index contributed by atoms with van der Waals surface area (Å²) < 4.78 is 19.1. The average molecular weight is 439 g/mol. The first-order chi connectivity index (χ1) is 15.0. The Morgan fingerprint density at radius 3 is 2.77 bits per heavy atom. The minimum absolute atomic E-state index is 0.134. The summed E-state index contributed by atoms with van der Waals surface area (Å²) in [6.45, 7) is 2.44. The number of carbonyl (C=O) groups is 2. The molecule has 8 nitrogen and oxygen atoms in total. The highest BCUT2D eigenvalue weighted by Gasteiger charge is 2.16. The van der Waals surface area contributed by atoms with Gasteiger partial charge in [0.1, 0.15) is 0 Å². The van der Waals surface area contributed by atoms with E-state index < -0.39 is 5.91 Å². The second-order valence-corrected chi connectivity index (χ2v) is 7.81. The van der Waals surface area contributed by atoms with Crippen LogP contribution >= 0.6 is 11.3 Å². The van der Waals surface area contributed by atoms with Crippen molar-refractivity contribution in [1.29, 1.82) is 0 Å². The van der Waals surface area contributed by atoms with Crippen LogP contribution in [-0.4, -0.2) is 37.2 Å². The summed E-state index contributed by atoms with van der Waals surface area (Å²) in [7, 11) is 3.17. The molecule has 2 aromatic carbocycles. The number of para-hydroxylation sites is 1. The summed E-state index contributed by atoms with van der Waals surface area (Å²) in [6, 6.07) is 12.7. The normalized spacial score (nSPS) is 11.9. The molecule has 2 heterocycles. The van der Waals surface area contributed by atoms with Crippen LogP contribution in [0.25, 0.3) is 21.2 Å². The maximum absolute atomic E-state index is 12.9. The topological polar surface area (TPSA) is 95.1 Å². The molecule has 0 spiro atoms. The van der Waals surface area contributed by atoms with E-state index in [0.29, 0.717) is 35.0 Å². The lowest BCUT2D eigenvalue weighted by molar-refractivity contribution is -0.114. The van der Waals surface area contributed by atoms with Crippen molar-refractivity contribution in [3.05, 3.63) is 53.0 Å². The monoisotopic (exact) mass is 439 g/mol. The number of fused-ring (bicyclic) bond motifs is 2. The highest BCUT2D eigenvalue weighted by molar-refractivity contribution is 7.16. The van der Waals surface area contributed by atoms with E-state index in [1.807, 2.05) is 34.9 Å². The quantitative estimate of drug-likeness (QED) is 0.493. The fraction of sp³-hybridized carbons (Fsp3) is 0.227. The van der Waals surface area contributed by atoms with E-state index >= 15 is 0 Å². The van der Waals surface area contributed by atoms with Gasteiger partial charge < -0.3 is 23.8 Å². The Kier molecular flexibility index (Phi) is 5.88. The van der Waals surface area contributed by atoms with E-state index in [4.69, 9.17) is 13.9 Å². The molecule has 0 fully saturated rings. The van der Waals surface area contributed by atoms with Gasteiger partial charge in [0.2, 0.25) is 5.91 Å². The van der Waals surface area contributed by atoms with Crippen LogP contribution in [0.3, 0.4) is 0 Å². The highest BCUT2D eigenvalue weighted by Crippen LogP contribution is 2.29. The molecule has 4 aromatic rings. The number of nitrogens with one attached hydrogen (secondary N) is 1. The van der Waals surface area contributed by atoms with Crippen LogP contribution in [0.15, 0.2) is 51.9 Å². The predicted octanol–water partition coefficient (Wildman–Crippen LogP) is 3.80. The van der Waals surface area contributed by atoms with E-state index in [1.165, 1.54) is 18.3 Å². The van der Waals surface area contributed by atoms with Crippen LogP contribution in [0, 0.1) is 0 Å². The minimum atomic E-state index is -0.488. The number of rotatable bonds is 6. The van der Waals surface area contributed by atoms with Gasteiger partial charge in [-0.25, -0.2) is 0 Å². The Labute approximate surface area is 181 Å². The summed E-state index contributed by atoms with van der Waals surface area (Å²) in [6.07, 6.45) is 0. The summed E-state index contributed by atoms with van der Waals surface area (Å²) in [5.74, 6) is 0.0508. The first-order valence-corrected chi connectivity index (χ1v) is 10.4. The zero-order chi connectivity index (χ0) is 22.0. The number of hydrogen-bond donors (Lipinski definition) is 1. The predicted molar refractivity (Wildman–Crippen MR) is 119 cm³/mol. The maximum Gasteiger partial charge on any atom is 0.315 e. The first kappa shape index (κ1) is 20.8. The number of hydrogen-bond acceptors (Lipinski definition) is 6. The van der Waals surface area contributed by atoms with Crippen LogP contribution in [0.2, 0.25) is 0 Å². The van der Waals surface area contributed by atoms with Gasteiger partial charge in [0, 0.05) is 31.7 Å². The molecule has 0 unspecified atom stereocenters. The van der Waals surface area contributed by atoms with Crippen molar-refractivity contribution in [2.24, 2.45) is 4.99 Å². The summed E-state index contributed by atoms with van der Waals surface area (Å²) >= 11 is 1.36. The van der Waals surface area contributed by atoms with E-state index in [0.717, 1.165) is 15.6 Å². The molecular formula is C22H21N3O5S. The molecule has 2 amide bonds. The summed E-state index contributed by atoms with van der Waals surface area (Å²) in [5, 5.41) is 3.54. The number of benzene rings is 2. The van der Waals surface area contributed by atoms with Gasteiger partial charge >= 0.3 is 5.91 Å². The average Bonchev–Trinajstić information content (AvgIpc) is 3.32. The number of methoxy groups -OCH3 is 2. The standard InChI is InChI=1S/C22H21N3O5S/c1-13(26)23-15-7-8-16-19(12-15)31-22(25(16)9-10-28-2)24-21(27)18-11-14-5-4-6-17(29-3)20(14)30-18/h4-8,11-12H,9-10H2,1-3H3,(H,23,26). The molecule has 4 rings (SSSR count). The highest BCUT2D eigenvalue weighted by atomic mass is 32.1. The summed E-state index contributed by atoms with van der Waals surface area (Å²) in [4.78, 5) is 29.1. The van der Waals surface area contributed by atoms with E-state index in [-0.39, 0.29) is 11.7 Å². The van der Waals surface area contributed by atoms with Crippen LogP contribution in [-0.2, 0) is 16.1 Å². The zero-order valence-electron chi connectivity index (χ0n) is 17.3. The third kappa shape index (κ3) is 4.23. The molecule has 0 saturated heterocycles. The van der Waals surface area contributed by atoms with Crippen molar-refractivity contribution in [3.8, 4) is 5.75 Å². The Morgan fingerprint density at radius 2 is 2.03 bits per heavy atom. The number of nitrogens with zero attached hydrogens (tertiary/aromatic N) is 2. The molecule has 0 atom stereocenters. The lowest BCUT2D eigenvalue weighted by Crippen LogP contribution is -2.19. The third-order valence-electron chi connectivity index (χ3n) is 4.66. The van der Waals surface area contributed by atoms with Crippen molar-refractivity contribution in [2.75, 3.05) is 26.1 Å². The van der Waals surface area contributed by atoms with Gasteiger partial charge in [-0.1, -0.05) is 23.5 Å². The lowest BCUT2D eigenvalue weighted by atomic mass is 10.2. The SMILES string of the molecule is COCCn1c(=NC(=O)c2cc3cccc(OC)c3o2)sc2cc(NC(C)=O)ccc21. The van der Waals surface area contributed by atoms with Gasteiger partial charge in [-0.3, -0.25) is 9.59 Å². The Balaban J connectivity index is 1.79. The molecule has 1 N–H and O–H groups in total. The van der Waals surface area contributed by atoms with Crippen molar-refractivity contribution in [1.82, 2.24) is 4.57 Å². The Bertz CT molecular complexity index is 1350. The minimum Gasteiger partial charge on any atom is -0.493 e. The number of carbonyl (C=O) groups excluding carboxylic acids is 2. The van der Waals surface area contributed by atoms with E-state index in [2.05, 4.69) is 10.3 Å². The zero-order valence-corrected chi connectivity index (χ0v) is 18.1. The largest absolute Gasteiger partial charge is 0.493 e. The molecule has 2 aromatic heterocycles. The molecule has 160 valence electrons. The van der Waals surface area contributed by atoms with Crippen molar-refractivity contribution in [3.63, 3.8) is 0 Å². The second-order valence-electron chi connectivity index (χ2n) is 6.80. The van der Waals surface area contributed by atoms with E-state index in [1.54, 1.807) is 26.4 Å². The fourth-order valence-electron chi connectivity index (χ4n) is 3.28. The molecule has 0 aliphatic heterocycles. The Morgan fingerprint density at radius 1 is 1.19 bits per heavy atom. The number of thiazole rings is 1. The molecule has 0 radical (unpaired) electrons. The molecule has 0 saturated carbocycles. The van der Waals surface area contributed by atoms with E-state index in [9.17, 15) is 9.59 Å². The molecule has 0 aliphatic carbocycles. The number of ether oxygens (including phenoxy) is 2. The summed E-state index contributed by atoms with van der Waals surface area (Å²) in [5.41, 5.74) is 2.09. The van der Waals surface area contributed by atoms with Crippen LogP contribution in [0.4, 0.5) is 5.69 Å². The first-order valence-electron chi connectivity index (χ1n) is 9.55. The van der Waals surface area contributed by atoms with Gasteiger partial charge in [0.25, 0.3) is 0 Å². The van der Waals surface area contributed by atoms with Crippen molar-refractivity contribution < 1.29 is 23.5 Å². The van der Waals surface area contributed by atoms with Gasteiger partial charge in [-0.05, 0) is 30.3 Å². The number of anilines is 1. The van der Waals surface area contributed by atoms with Gasteiger partial charge in [0.15, 0.2) is 21.9 Å². The van der Waals surface area contributed by atoms with Crippen LogP contribution in [0.5, 0.6) is 5.75 Å². The number of furan rings is 1. The number of amides is 2. The molecular weight excluding hydrogens is 418 g/mol. The maximum atomic E-state index is 12.9. The van der Waals surface area contributed by atoms with Crippen molar-refractivity contribution in [2.45, 2.75) is 13.5 Å². The Hall–Kier alpha value is -3.43. The van der Waals surface area contributed by atoms with Gasteiger partial charge in [-0.15, -0.1) is 0 Å². The van der Waals surface area contributed by atoms with Gasteiger partial charge in [-0.2, -0.15) is 4.99 Å². The second kappa shape index (κ2) is 8.75. The smallest absolute Gasteiger partial charge is 0.315 e. The molecule has 0 bridgehead atoms. The molecule has 31 heavy (non-hydrogen) atoms.